The van der Waals surface area contributed by atoms with E-state index >= 15 is 0 Å². The largest absolute Gasteiger partial charge is 0.465 e. The van der Waals surface area contributed by atoms with E-state index in [1.165, 1.54) is 308 Å². The standard InChI is InChI=1S/C64H122O6/c1-2-3-4-5-6-7-8-9-10-11-12-13-14-15-16-17-18-19-20-21-22-23-24-25-26-27-28-29-30-31-32-33-34-35-36-37-38-39-40-41-42-43-44-45-46-47-48-49-50-51-52-53-54-55-61-56-62(67)69-59-64(57-65,58-66)60-70-63(61)68/h36-37,61,65-66H,2-35,38-60H2,1H3/b37-36+. The molecule has 1 unspecified atom stereocenters. The van der Waals surface area contributed by atoms with Crippen molar-refractivity contribution in [3.63, 3.8) is 0 Å². The topological polar surface area (TPSA) is 93.1 Å². The summed E-state index contributed by atoms with van der Waals surface area (Å²) in [6.45, 7) is 1.21. The molecule has 0 aromatic heterocycles. The number of carbonyl (C=O) groups excluding carboxylic acids is 2. The lowest BCUT2D eigenvalue weighted by Crippen LogP contribution is -2.40. The van der Waals surface area contributed by atoms with Crippen molar-refractivity contribution in [2.75, 3.05) is 26.4 Å². The van der Waals surface area contributed by atoms with E-state index in [9.17, 15) is 19.8 Å². The van der Waals surface area contributed by atoms with Gasteiger partial charge in [-0.05, 0) is 32.1 Å². The molecule has 2 N–H and O–H groups in total. The predicted octanol–water partition coefficient (Wildman–Crippen LogP) is 19.9. The Bertz CT molecular complexity index is 1100. The summed E-state index contributed by atoms with van der Waals surface area (Å²) in [7, 11) is 0. The van der Waals surface area contributed by atoms with Crippen LogP contribution in [-0.4, -0.2) is 48.6 Å². The normalized spacial score (nSPS) is 15.3. The van der Waals surface area contributed by atoms with Gasteiger partial charge in [-0.3, -0.25) is 9.59 Å². The number of esters is 2. The summed E-state index contributed by atoms with van der Waals surface area (Å²) < 4.78 is 10.6. The molecule has 1 rings (SSSR count). The van der Waals surface area contributed by atoms with Crippen LogP contribution in [0.5, 0.6) is 0 Å². The Kier molecular flexibility index (Phi) is 51.3. The van der Waals surface area contributed by atoms with Gasteiger partial charge < -0.3 is 19.7 Å². The van der Waals surface area contributed by atoms with Crippen LogP contribution in [-0.2, 0) is 19.1 Å². The molecule has 0 amide bonds. The number of rotatable bonds is 55. The van der Waals surface area contributed by atoms with Crippen LogP contribution >= 0.6 is 0 Å². The molecule has 0 aromatic carbocycles. The second-order valence-corrected chi connectivity index (χ2v) is 22.8. The van der Waals surface area contributed by atoms with Gasteiger partial charge in [-0.25, -0.2) is 0 Å². The lowest BCUT2D eigenvalue weighted by atomic mass is 9.92. The molecule has 1 aliphatic rings. The first-order valence-corrected chi connectivity index (χ1v) is 31.8. The summed E-state index contributed by atoms with van der Waals surface area (Å²) in [6, 6.07) is 0. The quantitative estimate of drug-likeness (QED) is 0.0358. The van der Waals surface area contributed by atoms with Gasteiger partial charge in [0.1, 0.15) is 13.2 Å². The maximum absolute atomic E-state index is 12.5. The molecule has 1 aliphatic heterocycles. The van der Waals surface area contributed by atoms with Crippen molar-refractivity contribution >= 4 is 11.9 Å². The Labute approximate surface area is 436 Å². The van der Waals surface area contributed by atoms with Crippen molar-refractivity contribution in [1.82, 2.24) is 0 Å². The third-order valence-corrected chi connectivity index (χ3v) is 15.8. The Balaban J connectivity index is 1.69. The fraction of sp³-hybridized carbons (Fsp3) is 0.938. The zero-order valence-corrected chi connectivity index (χ0v) is 47.1. The van der Waals surface area contributed by atoms with Crippen LogP contribution in [0.2, 0.25) is 0 Å². The molecule has 0 saturated carbocycles. The highest BCUT2D eigenvalue weighted by Gasteiger charge is 2.36. The maximum Gasteiger partial charge on any atom is 0.309 e. The highest BCUT2D eigenvalue weighted by Crippen LogP contribution is 2.25. The van der Waals surface area contributed by atoms with E-state index in [1.54, 1.807) is 0 Å². The first-order valence-electron chi connectivity index (χ1n) is 31.8. The number of carbonyl (C=O) groups is 2. The van der Waals surface area contributed by atoms with Crippen molar-refractivity contribution in [2.45, 2.75) is 347 Å². The molecule has 0 spiro atoms. The van der Waals surface area contributed by atoms with E-state index in [2.05, 4.69) is 19.1 Å². The second-order valence-electron chi connectivity index (χ2n) is 22.8. The van der Waals surface area contributed by atoms with Gasteiger partial charge in [0.15, 0.2) is 0 Å². The van der Waals surface area contributed by atoms with Crippen LogP contribution in [0.15, 0.2) is 12.2 Å². The Hall–Kier alpha value is -1.40. The van der Waals surface area contributed by atoms with Crippen molar-refractivity contribution in [2.24, 2.45) is 11.3 Å². The van der Waals surface area contributed by atoms with Crippen LogP contribution in [0.25, 0.3) is 0 Å². The minimum Gasteiger partial charge on any atom is -0.465 e. The molecule has 0 radical (unpaired) electrons. The minimum atomic E-state index is -1.12. The van der Waals surface area contributed by atoms with Gasteiger partial charge in [0, 0.05) is 0 Å². The molecule has 0 bridgehead atoms. The molecule has 6 nitrogen and oxygen atoms in total. The van der Waals surface area contributed by atoms with E-state index < -0.39 is 36.5 Å². The smallest absolute Gasteiger partial charge is 0.309 e. The van der Waals surface area contributed by atoms with Gasteiger partial charge in [0.2, 0.25) is 0 Å². The summed E-state index contributed by atoms with van der Waals surface area (Å²) in [5, 5.41) is 19.2. The van der Waals surface area contributed by atoms with Crippen molar-refractivity contribution < 1.29 is 29.3 Å². The fourth-order valence-corrected chi connectivity index (χ4v) is 10.6. The van der Waals surface area contributed by atoms with Crippen molar-refractivity contribution in [1.29, 1.82) is 0 Å². The van der Waals surface area contributed by atoms with E-state index in [1.807, 2.05) is 0 Å². The second kappa shape index (κ2) is 53.9. The van der Waals surface area contributed by atoms with Crippen LogP contribution in [0.1, 0.15) is 347 Å². The lowest BCUT2D eigenvalue weighted by Gasteiger charge is -2.27. The first kappa shape index (κ1) is 66.6. The van der Waals surface area contributed by atoms with Gasteiger partial charge >= 0.3 is 11.9 Å². The molecule has 414 valence electrons. The third kappa shape index (κ3) is 45.2. The zero-order chi connectivity index (χ0) is 50.4. The molecule has 1 saturated heterocycles. The highest BCUT2D eigenvalue weighted by molar-refractivity contribution is 5.80. The number of ether oxygens (including phenoxy) is 2. The fourth-order valence-electron chi connectivity index (χ4n) is 10.6. The zero-order valence-electron chi connectivity index (χ0n) is 47.1. The summed E-state index contributed by atoms with van der Waals surface area (Å²) >= 11 is 0. The Morgan fingerprint density at radius 2 is 0.614 bits per heavy atom. The van der Waals surface area contributed by atoms with Gasteiger partial charge in [-0.2, -0.15) is 0 Å². The average Bonchev–Trinajstić information content (AvgIpc) is 3.43. The molecule has 0 aliphatic carbocycles. The summed E-state index contributed by atoms with van der Waals surface area (Å²) in [4.78, 5) is 24.7. The molecule has 0 aromatic rings. The summed E-state index contributed by atoms with van der Waals surface area (Å²) in [5.41, 5.74) is -1.12. The SMILES string of the molecule is CCCCCCCCCCCCCCCCCCCCCCCCCCCCCCCCCCC/C=C/CCCCCCCCCCCCCCCCCCC1CC(=O)OCC(CO)(CO)COC1=O. The lowest BCUT2D eigenvalue weighted by molar-refractivity contribution is -0.155. The van der Waals surface area contributed by atoms with Crippen LogP contribution in [0.3, 0.4) is 0 Å². The number of hydrogen-bond acceptors (Lipinski definition) is 6. The predicted molar refractivity (Wildman–Crippen MR) is 302 cm³/mol. The minimum absolute atomic E-state index is 0.00340. The molecular formula is C64H122O6. The number of aliphatic hydroxyl groups excluding tert-OH is 2. The van der Waals surface area contributed by atoms with Gasteiger partial charge in [0.05, 0.1) is 31.0 Å². The number of allylic oxidation sites excluding steroid dienone is 2. The monoisotopic (exact) mass is 987 g/mol. The van der Waals surface area contributed by atoms with Crippen LogP contribution in [0, 0.1) is 11.3 Å². The number of aliphatic hydroxyl groups is 2. The number of cyclic esters (lactones) is 2. The van der Waals surface area contributed by atoms with E-state index in [-0.39, 0.29) is 19.6 Å². The number of unbranched alkanes of at least 4 members (excludes halogenated alkanes) is 49. The molecule has 6 heteroatoms. The molecular weight excluding hydrogens is 865 g/mol. The molecule has 70 heavy (non-hydrogen) atoms. The maximum atomic E-state index is 12.5. The van der Waals surface area contributed by atoms with Crippen LogP contribution in [0.4, 0.5) is 0 Å². The van der Waals surface area contributed by atoms with Crippen LogP contribution < -0.4 is 0 Å². The van der Waals surface area contributed by atoms with E-state index in [0.29, 0.717) is 6.42 Å². The van der Waals surface area contributed by atoms with Gasteiger partial charge in [-0.15, -0.1) is 0 Å². The third-order valence-electron chi connectivity index (χ3n) is 15.8. The molecule has 1 fully saturated rings. The number of hydrogen-bond donors (Lipinski definition) is 2. The Morgan fingerprint density at radius 3 is 0.886 bits per heavy atom. The molecule has 1 heterocycles. The summed E-state index contributed by atoms with van der Waals surface area (Å²) in [5.74, 6) is -1.40. The van der Waals surface area contributed by atoms with Crippen molar-refractivity contribution in [3.05, 3.63) is 12.2 Å². The van der Waals surface area contributed by atoms with Gasteiger partial charge in [0.25, 0.3) is 0 Å². The Morgan fingerprint density at radius 1 is 0.371 bits per heavy atom. The van der Waals surface area contributed by atoms with E-state index in [4.69, 9.17) is 9.47 Å². The highest BCUT2D eigenvalue weighted by atomic mass is 16.6. The van der Waals surface area contributed by atoms with Gasteiger partial charge in [-0.1, -0.05) is 321 Å². The first-order chi connectivity index (χ1) is 34.6. The van der Waals surface area contributed by atoms with Crippen molar-refractivity contribution in [3.8, 4) is 0 Å². The summed E-state index contributed by atoms with van der Waals surface area (Å²) in [6.07, 6.45) is 77.2. The van der Waals surface area contributed by atoms with E-state index in [0.717, 1.165) is 19.3 Å². The molecule has 1 atom stereocenters. The average molecular weight is 988 g/mol.